The molecule has 25 heavy (non-hydrogen) atoms. The lowest BCUT2D eigenvalue weighted by atomic mass is 10.4. The van der Waals surface area contributed by atoms with E-state index in [0.717, 1.165) is 25.7 Å². The lowest BCUT2D eigenvalue weighted by molar-refractivity contribution is 0.0946. The van der Waals surface area contributed by atoms with E-state index >= 15 is 0 Å². The summed E-state index contributed by atoms with van der Waals surface area (Å²) in [6, 6.07) is 3.43. The van der Waals surface area contributed by atoms with Crippen molar-refractivity contribution in [2.45, 2.75) is 36.6 Å². The van der Waals surface area contributed by atoms with Gasteiger partial charge in [0.2, 0.25) is 10.0 Å². The molecule has 1 saturated carbocycles. The zero-order chi connectivity index (χ0) is 17.4. The first kappa shape index (κ1) is 16.2. The molecule has 0 spiro atoms. The minimum atomic E-state index is -3.47. The number of carbonyl (C=O) groups excluding carboxylic acids is 1. The van der Waals surface area contributed by atoms with Crippen LogP contribution < -0.4 is 5.32 Å². The van der Waals surface area contributed by atoms with E-state index in [4.69, 9.17) is 0 Å². The van der Waals surface area contributed by atoms with Gasteiger partial charge in [0.1, 0.15) is 22.7 Å². The molecule has 0 atom stereocenters. The molecule has 2 fully saturated rings. The Bertz CT molecular complexity index is 881. The van der Waals surface area contributed by atoms with Crippen molar-refractivity contribution in [3.8, 4) is 5.82 Å². The number of amides is 1. The second-order valence-corrected chi connectivity index (χ2v) is 8.32. The number of pyridine rings is 1. The van der Waals surface area contributed by atoms with Crippen molar-refractivity contribution in [3.05, 3.63) is 36.5 Å². The number of sulfonamides is 1. The molecule has 8 nitrogen and oxygen atoms in total. The van der Waals surface area contributed by atoms with Crippen LogP contribution in [0.3, 0.4) is 0 Å². The fourth-order valence-electron chi connectivity index (χ4n) is 2.81. The molecule has 2 aromatic heterocycles. The molecular formula is C16H19N5O3S. The van der Waals surface area contributed by atoms with Crippen LogP contribution in [-0.4, -0.2) is 52.3 Å². The molecule has 1 saturated heterocycles. The van der Waals surface area contributed by atoms with Gasteiger partial charge < -0.3 is 5.32 Å². The summed E-state index contributed by atoms with van der Waals surface area (Å²) in [6.45, 7) is 1.12. The van der Waals surface area contributed by atoms with E-state index in [1.54, 1.807) is 22.9 Å². The first-order valence-electron chi connectivity index (χ1n) is 8.35. The Hall–Kier alpha value is -2.26. The van der Waals surface area contributed by atoms with E-state index in [1.165, 1.54) is 16.8 Å². The highest BCUT2D eigenvalue weighted by Gasteiger charge is 2.27. The minimum Gasteiger partial charge on any atom is -0.348 e. The van der Waals surface area contributed by atoms with Gasteiger partial charge in [-0.2, -0.15) is 4.31 Å². The predicted octanol–water partition coefficient (Wildman–Crippen LogP) is 0.944. The summed E-state index contributed by atoms with van der Waals surface area (Å²) < 4.78 is 28.1. The first-order chi connectivity index (χ1) is 12.0. The zero-order valence-electron chi connectivity index (χ0n) is 13.6. The van der Waals surface area contributed by atoms with Crippen LogP contribution in [0.2, 0.25) is 0 Å². The maximum absolute atomic E-state index is 12.5. The van der Waals surface area contributed by atoms with Crippen molar-refractivity contribution in [1.82, 2.24) is 24.2 Å². The zero-order valence-corrected chi connectivity index (χ0v) is 14.4. The number of imidazole rings is 1. The topological polar surface area (TPSA) is 97.2 Å². The summed E-state index contributed by atoms with van der Waals surface area (Å²) in [6.07, 6.45) is 8.26. The predicted molar refractivity (Wildman–Crippen MR) is 89.8 cm³/mol. The third kappa shape index (κ3) is 3.29. The molecular weight excluding hydrogens is 342 g/mol. The van der Waals surface area contributed by atoms with Gasteiger partial charge in [-0.25, -0.2) is 18.4 Å². The van der Waals surface area contributed by atoms with Crippen LogP contribution in [0.15, 0.2) is 35.7 Å². The molecule has 0 bridgehead atoms. The molecule has 1 amide bonds. The molecule has 1 N–H and O–H groups in total. The summed E-state index contributed by atoms with van der Waals surface area (Å²) in [5.41, 5.74) is 0.322. The molecule has 2 aliphatic rings. The van der Waals surface area contributed by atoms with Gasteiger partial charge in [0, 0.05) is 31.5 Å². The molecule has 4 rings (SSSR count). The Morgan fingerprint density at radius 3 is 2.56 bits per heavy atom. The van der Waals surface area contributed by atoms with Crippen LogP contribution in [0.5, 0.6) is 0 Å². The number of rotatable bonds is 5. The van der Waals surface area contributed by atoms with Crippen molar-refractivity contribution in [2.75, 3.05) is 13.1 Å². The first-order valence-corrected chi connectivity index (χ1v) is 9.79. The van der Waals surface area contributed by atoms with E-state index in [9.17, 15) is 13.2 Å². The molecule has 1 aliphatic heterocycles. The van der Waals surface area contributed by atoms with Crippen molar-refractivity contribution in [2.24, 2.45) is 0 Å². The number of carbonyl (C=O) groups is 1. The molecule has 1 aliphatic carbocycles. The van der Waals surface area contributed by atoms with Gasteiger partial charge in [0.25, 0.3) is 5.91 Å². The van der Waals surface area contributed by atoms with Gasteiger partial charge in [0.15, 0.2) is 0 Å². The van der Waals surface area contributed by atoms with E-state index in [2.05, 4.69) is 15.3 Å². The van der Waals surface area contributed by atoms with E-state index < -0.39 is 10.0 Å². The number of nitrogens with one attached hydrogen (secondary N) is 1. The fraction of sp³-hybridized carbons (Fsp3) is 0.438. The number of hydrogen-bond acceptors (Lipinski definition) is 5. The number of hydrogen-bond donors (Lipinski definition) is 1. The molecule has 9 heteroatoms. The lowest BCUT2D eigenvalue weighted by Gasteiger charge is -2.15. The van der Waals surface area contributed by atoms with Crippen molar-refractivity contribution < 1.29 is 13.2 Å². The van der Waals surface area contributed by atoms with Gasteiger partial charge in [-0.15, -0.1) is 0 Å². The molecule has 0 radical (unpaired) electrons. The normalized spacial score (nSPS) is 18.4. The second kappa shape index (κ2) is 6.23. The quantitative estimate of drug-likeness (QED) is 0.855. The van der Waals surface area contributed by atoms with Crippen molar-refractivity contribution in [1.29, 1.82) is 0 Å². The van der Waals surface area contributed by atoms with Crippen molar-refractivity contribution in [3.63, 3.8) is 0 Å². The Kier molecular flexibility index (Phi) is 4.04. The van der Waals surface area contributed by atoms with E-state index in [-0.39, 0.29) is 16.8 Å². The highest BCUT2D eigenvalue weighted by atomic mass is 32.2. The molecule has 2 aromatic rings. The Morgan fingerprint density at radius 2 is 1.92 bits per heavy atom. The molecule has 0 unspecified atom stereocenters. The average Bonchev–Trinajstić information content (AvgIpc) is 3.10. The SMILES string of the molecule is O=C(NC1CC1)c1cn(-c2ccc(S(=O)(=O)N3CCCC3)cn2)cn1. The van der Waals surface area contributed by atoms with Crippen LogP contribution in [0, 0.1) is 0 Å². The summed E-state index contributed by atoms with van der Waals surface area (Å²) in [5, 5.41) is 2.88. The molecule has 3 heterocycles. The van der Waals surface area contributed by atoms with E-state index in [0.29, 0.717) is 24.6 Å². The Labute approximate surface area is 145 Å². The monoisotopic (exact) mass is 361 g/mol. The fourth-order valence-corrected chi connectivity index (χ4v) is 4.27. The van der Waals surface area contributed by atoms with Gasteiger partial charge in [0.05, 0.1) is 0 Å². The maximum Gasteiger partial charge on any atom is 0.271 e. The lowest BCUT2D eigenvalue weighted by Crippen LogP contribution is -2.27. The molecule has 0 aromatic carbocycles. The number of nitrogens with zero attached hydrogens (tertiary/aromatic N) is 4. The average molecular weight is 361 g/mol. The minimum absolute atomic E-state index is 0.185. The van der Waals surface area contributed by atoms with Gasteiger partial charge in [-0.3, -0.25) is 9.36 Å². The van der Waals surface area contributed by atoms with Gasteiger partial charge in [-0.05, 0) is 37.8 Å². The van der Waals surface area contributed by atoms with E-state index in [1.807, 2.05) is 0 Å². The van der Waals surface area contributed by atoms with Crippen LogP contribution in [0.4, 0.5) is 0 Å². The Balaban J connectivity index is 1.52. The summed E-state index contributed by atoms with van der Waals surface area (Å²) in [4.78, 5) is 20.5. The van der Waals surface area contributed by atoms with Gasteiger partial charge in [-0.1, -0.05) is 0 Å². The Morgan fingerprint density at radius 1 is 1.16 bits per heavy atom. The summed E-state index contributed by atoms with van der Waals surface area (Å²) in [5.74, 6) is 0.313. The maximum atomic E-state index is 12.5. The third-order valence-electron chi connectivity index (χ3n) is 4.42. The van der Waals surface area contributed by atoms with Gasteiger partial charge >= 0.3 is 0 Å². The second-order valence-electron chi connectivity index (χ2n) is 6.38. The highest BCUT2D eigenvalue weighted by molar-refractivity contribution is 7.89. The van der Waals surface area contributed by atoms with Crippen LogP contribution in [0.25, 0.3) is 5.82 Å². The molecule has 132 valence electrons. The van der Waals surface area contributed by atoms with Crippen molar-refractivity contribution >= 4 is 15.9 Å². The summed E-state index contributed by atoms with van der Waals surface area (Å²) in [7, 11) is -3.47. The number of aromatic nitrogens is 3. The standard InChI is InChI=1S/C16H19N5O3S/c22-16(19-12-3-4-12)14-10-20(11-18-14)15-6-5-13(9-17-15)25(23,24)21-7-1-2-8-21/h5-6,9-12H,1-4,7-8H2,(H,19,22). The van der Waals surface area contributed by atoms with Crippen LogP contribution in [0.1, 0.15) is 36.2 Å². The summed E-state index contributed by atoms with van der Waals surface area (Å²) >= 11 is 0. The highest BCUT2D eigenvalue weighted by Crippen LogP contribution is 2.21. The van der Waals surface area contributed by atoms with Crippen LogP contribution >= 0.6 is 0 Å². The smallest absolute Gasteiger partial charge is 0.271 e. The van der Waals surface area contributed by atoms with Crippen LogP contribution in [-0.2, 0) is 10.0 Å². The third-order valence-corrected chi connectivity index (χ3v) is 6.30. The largest absolute Gasteiger partial charge is 0.348 e.